The van der Waals surface area contributed by atoms with Gasteiger partial charge in [-0.2, -0.15) is 0 Å². The third kappa shape index (κ3) is 6.94. The fourth-order valence-electron chi connectivity index (χ4n) is 4.62. The molecule has 2 N–H and O–H groups in total. The molecule has 40 heavy (non-hydrogen) atoms. The van der Waals surface area contributed by atoms with E-state index in [2.05, 4.69) is 16.4 Å². The fourth-order valence-corrected chi connectivity index (χ4v) is 4.62. The average molecular weight is 543 g/mol. The maximum Gasteiger partial charge on any atom is 0.322 e. The number of aryl methyl sites for hydroxylation is 1. The first kappa shape index (κ1) is 28.5. The van der Waals surface area contributed by atoms with Crippen LogP contribution in [0.4, 0.5) is 10.5 Å². The number of urea groups is 1. The Morgan fingerprint density at radius 1 is 0.975 bits per heavy atom. The summed E-state index contributed by atoms with van der Waals surface area (Å²) >= 11 is 0. The van der Waals surface area contributed by atoms with Crippen molar-refractivity contribution >= 4 is 28.5 Å². The second-order valence-electron chi connectivity index (χ2n) is 10.1. The summed E-state index contributed by atoms with van der Waals surface area (Å²) < 4.78 is 10.7. The van der Waals surface area contributed by atoms with Gasteiger partial charge in [-0.3, -0.25) is 4.79 Å². The number of para-hydroxylation sites is 1. The zero-order valence-corrected chi connectivity index (χ0v) is 23.9. The Morgan fingerprint density at radius 3 is 2.42 bits per heavy atom. The second-order valence-corrected chi connectivity index (χ2v) is 10.1. The smallest absolute Gasteiger partial charge is 0.322 e. The number of fused-ring (bicyclic) bond motifs is 1. The minimum Gasteiger partial charge on any atom is -0.497 e. The quantitative estimate of drug-likeness (QED) is 0.243. The largest absolute Gasteiger partial charge is 0.497 e. The highest BCUT2D eigenvalue weighted by molar-refractivity contribution is 5.94. The highest BCUT2D eigenvalue weighted by Gasteiger charge is 2.25. The number of benzene rings is 3. The zero-order valence-electron chi connectivity index (χ0n) is 23.9. The predicted molar refractivity (Wildman–Crippen MR) is 159 cm³/mol. The first-order valence-corrected chi connectivity index (χ1v) is 13.5. The first-order chi connectivity index (χ1) is 19.3. The number of H-pyrrole nitrogens is 1. The lowest BCUT2D eigenvalue weighted by Gasteiger charge is -2.30. The lowest BCUT2D eigenvalue weighted by atomic mass is 10.1. The van der Waals surface area contributed by atoms with Crippen molar-refractivity contribution in [1.29, 1.82) is 0 Å². The van der Waals surface area contributed by atoms with Gasteiger partial charge in [-0.1, -0.05) is 48.0 Å². The van der Waals surface area contributed by atoms with Gasteiger partial charge in [0.2, 0.25) is 5.91 Å². The lowest BCUT2D eigenvalue weighted by Crippen LogP contribution is -2.47. The first-order valence-electron chi connectivity index (χ1n) is 13.5. The normalized spacial score (nSPS) is 10.9. The highest BCUT2D eigenvalue weighted by atomic mass is 16.5. The van der Waals surface area contributed by atoms with Crippen molar-refractivity contribution in [1.82, 2.24) is 14.8 Å². The van der Waals surface area contributed by atoms with Crippen molar-refractivity contribution in [3.8, 4) is 11.5 Å². The van der Waals surface area contributed by atoms with Crippen LogP contribution in [0.2, 0.25) is 0 Å². The maximum absolute atomic E-state index is 13.8. The summed E-state index contributed by atoms with van der Waals surface area (Å²) in [6.07, 6.45) is 2.70. The molecule has 0 unspecified atom stereocenters. The Bertz CT molecular complexity index is 1450. The van der Waals surface area contributed by atoms with E-state index in [4.69, 9.17) is 9.47 Å². The van der Waals surface area contributed by atoms with Gasteiger partial charge >= 0.3 is 6.03 Å². The van der Waals surface area contributed by atoms with E-state index in [1.807, 2.05) is 74.3 Å². The molecule has 1 aromatic heterocycles. The highest BCUT2D eigenvalue weighted by Crippen LogP contribution is 2.29. The van der Waals surface area contributed by atoms with Gasteiger partial charge in [0.25, 0.3) is 0 Å². The van der Waals surface area contributed by atoms with Gasteiger partial charge in [-0.25, -0.2) is 4.79 Å². The molecule has 8 nitrogen and oxygen atoms in total. The number of hydrogen-bond donors (Lipinski definition) is 2. The van der Waals surface area contributed by atoms with Gasteiger partial charge in [0.1, 0.15) is 18.0 Å². The molecule has 1 heterocycles. The molecule has 3 amide bonds. The van der Waals surface area contributed by atoms with Gasteiger partial charge < -0.3 is 29.6 Å². The van der Waals surface area contributed by atoms with E-state index < -0.39 is 0 Å². The molecule has 0 aliphatic heterocycles. The van der Waals surface area contributed by atoms with Crippen molar-refractivity contribution in [3.63, 3.8) is 0 Å². The predicted octanol–water partition coefficient (Wildman–Crippen LogP) is 6.01. The van der Waals surface area contributed by atoms with Crippen molar-refractivity contribution < 1.29 is 19.1 Å². The summed E-state index contributed by atoms with van der Waals surface area (Å²) in [5, 5.41) is 4.05. The molecule has 0 fully saturated rings. The van der Waals surface area contributed by atoms with Crippen LogP contribution in [0.1, 0.15) is 30.5 Å². The van der Waals surface area contributed by atoms with E-state index in [0.29, 0.717) is 36.7 Å². The van der Waals surface area contributed by atoms with Crippen molar-refractivity contribution in [2.45, 2.75) is 39.8 Å². The van der Waals surface area contributed by atoms with Crippen LogP contribution in [0.25, 0.3) is 10.9 Å². The van der Waals surface area contributed by atoms with Crippen LogP contribution in [0, 0.1) is 6.92 Å². The van der Waals surface area contributed by atoms with Crippen LogP contribution >= 0.6 is 0 Å². The number of anilines is 1. The summed E-state index contributed by atoms with van der Waals surface area (Å²) in [7, 11) is 3.10. The van der Waals surface area contributed by atoms with Gasteiger partial charge in [0.15, 0.2) is 0 Å². The summed E-state index contributed by atoms with van der Waals surface area (Å²) in [4.78, 5) is 33.8. The minimum absolute atomic E-state index is 0.0539. The van der Waals surface area contributed by atoms with Crippen molar-refractivity contribution in [3.05, 3.63) is 89.6 Å². The summed E-state index contributed by atoms with van der Waals surface area (Å²) in [5.41, 5.74) is 4.94. The molecule has 0 aliphatic carbocycles. The van der Waals surface area contributed by atoms with Gasteiger partial charge in [0, 0.05) is 42.3 Å². The molecular weight excluding hydrogens is 504 g/mol. The van der Waals surface area contributed by atoms with Crippen LogP contribution in [0.15, 0.2) is 72.9 Å². The molecular formula is C32H38N4O4. The van der Waals surface area contributed by atoms with E-state index in [-0.39, 0.29) is 24.5 Å². The molecule has 4 rings (SSSR count). The number of rotatable bonds is 11. The molecule has 0 aliphatic rings. The molecule has 210 valence electrons. The molecule has 0 atom stereocenters. The fraction of sp³-hybridized carbons (Fsp3) is 0.312. The molecule has 0 bridgehead atoms. The Hall–Kier alpha value is -4.46. The van der Waals surface area contributed by atoms with Crippen LogP contribution < -0.4 is 14.8 Å². The van der Waals surface area contributed by atoms with E-state index in [9.17, 15) is 9.59 Å². The Labute approximate surface area is 235 Å². The van der Waals surface area contributed by atoms with Crippen molar-refractivity contribution in [2.75, 3.05) is 32.6 Å². The molecule has 0 saturated carbocycles. The van der Waals surface area contributed by atoms with E-state index in [0.717, 1.165) is 27.6 Å². The number of carbonyl (C=O) groups is 2. The second kappa shape index (κ2) is 13.1. The van der Waals surface area contributed by atoms with Crippen molar-refractivity contribution in [2.24, 2.45) is 0 Å². The van der Waals surface area contributed by atoms with Gasteiger partial charge in [0.05, 0.1) is 19.9 Å². The number of aromatic nitrogens is 1. The Balaban J connectivity index is 1.52. The number of ether oxygens (including phenoxy) is 2. The van der Waals surface area contributed by atoms with Crippen LogP contribution in [-0.4, -0.2) is 60.1 Å². The summed E-state index contributed by atoms with van der Waals surface area (Å²) in [6, 6.07) is 20.9. The van der Waals surface area contributed by atoms with E-state index in [1.54, 1.807) is 30.2 Å². The number of amides is 3. The molecule has 0 saturated heterocycles. The number of methoxy groups -OCH3 is 2. The molecule has 8 heteroatoms. The van der Waals surface area contributed by atoms with E-state index in [1.165, 1.54) is 7.11 Å². The third-order valence-corrected chi connectivity index (χ3v) is 7.01. The zero-order chi connectivity index (χ0) is 28.6. The SMILES string of the molecule is COc1ccc(NC(=O)N(CC(=O)N(CCc2c[nH]c3ccccc23)Cc2ccc(C)cc2)C(C)C)c(OC)c1. The lowest BCUT2D eigenvalue weighted by molar-refractivity contribution is -0.132. The summed E-state index contributed by atoms with van der Waals surface area (Å²) in [6.45, 7) is 6.76. The number of carbonyl (C=O) groups excluding carboxylic acids is 2. The monoisotopic (exact) mass is 542 g/mol. The average Bonchev–Trinajstić information content (AvgIpc) is 3.37. The van der Waals surface area contributed by atoms with Crippen LogP contribution in [-0.2, 0) is 17.8 Å². The number of hydrogen-bond acceptors (Lipinski definition) is 4. The molecule has 0 radical (unpaired) electrons. The molecule has 3 aromatic carbocycles. The topological polar surface area (TPSA) is 86.9 Å². The van der Waals surface area contributed by atoms with Gasteiger partial charge in [-0.15, -0.1) is 0 Å². The molecule has 4 aromatic rings. The minimum atomic E-state index is -0.376. The van der Waals surface area contributed by atoms with Crippen LogP contribution in [0.5, 0.6) is 11.5 Å². The Morgan fingerprint density at radius 2 is 1.73 bits per heavy atom. The molecule has 0 spiro atoms. The van der Waals surface area contributed by atoms with Crippen LogP contribution in [0.3, 0.4) is 0 Å². The maximum atomic E-state index is 13.8. The van der Waals surface area contributed by atoms with E-state index >= 15 is 0 Å². The number of nitrogens with one attached hydrogen (secondary N) is 2. The number of aromatic amines is 1. The third-order valence-electron chi connectivity index (χ3n) is 7.01. The number of nitrogens with zero attached hydrogens (tertiary/aromatic N) is 2. The van der Waals surface area contributed by atoms with Gasteiger partial charge in [-0.05, 0) is 56.5 Å². The standard InChI is InChI=1S/C32H38N4O4/c1-22(2)36(32(38)34-29-15-14-26(39-4)18-30(29)40-5)21-31(37)35(20-24-12-10-23(3)11-13-24)17-16-25-19-33-28-9-7-6-8-27(25)28/h6-15,18-19,22,33H,16-17,20-21H2,1-5H3,(H,34,38). The Kier molecular flexibility index (Phi) is 9.32. The summed E-state index contributed by atoms with van der Waals surface area (Å²) in [5.74, 6) is 0.973.